The first-order valence-corrected chi connectivity index (χ1v) is 10.5. The fourth-order valence-electron chi connectivity index (χ4n) is 2.18. The van der Waals surface area contributed by atoms with Gasteiger partial charge in [0.25, 0.3) is 0 Å². The molecule has 0 aliphatic rings. The van der Waals surface area contributed by atoms with Crippen molar-refractivity contribution >= 4 is 24.9 Å². The van der Waals surface area contributed by atoms with Crippen LogP contribution in [0.3, 0.4) is 0 Å². The Labute approximate surface area is 115 Å². The first-order chi connectivity index (χ1) is 8.79. The highest BCUT2D eigenvalue weighted by Gasteiger charge is 2.18. The molecular weight excluding hydrogens is 252 g/mol. The number of aryl methyl sites for hydroxylation is 2. The molecule has 0 N–H and O–H groups in total. The second kappa shape index (κ2) is 4.93. The van der Waals surface area contributed by atoms with Crippen molar-refractivity contribution in [3.8, 4) is 0 Å². The zero-order chi connectivity index (χ0) is 14.2. The Morgan fingerprint density at radius 3 is 2.63 bits per heavy atom. The topological polar surface area (TPSA) is 34.9 Å². The number of aromatic nitrogens is 2. The standard InChI is InChI=1S/C15H22N2OSi/c1-11-16-15-12(7-6-8-13(15)17(11)2)14(18)9-10-19(3,4)5/h6-8H,9-10H2,1-5H3. The molecule has 2 aromatic rings. The summed E-state index contributed by atoms with van der Waals surface area (Å²) in [5.74, 6) is 1.17. The molecule has 0 fully saturated rings. The van der Waals surface area contributed by atoms with Crippen molar-refractivity contribution in [1.29, 1.82) is 0 Å². The second-order valence-electron chi connectivity index (χ2n) is 6.38. The van der Waals surface area contributed by atoms with Gasteiger partial charge in [-0.05, 0) is 19.1 Å². The second-order valence-corrected chi connectivity index (χ2v) is 12.0. The molecule has 3 nitrogen and oxygen atoms in total. The van der Waals surface area contributed by atoms with Gasteiger partial charge in [0.15, 0.2) is 5.78 Å². The van der Waals surface area contributed by atoms with Crippen molar-refractivity contribution in [3.05, 3.63) is 29.6 Å². The molecule has 19 heavy (non-hydrogen) atoms. The van der Waals surface area contributed by atoms with Crippen LogP contribution in [0.15, 0.2) is 18.2 Å². The number of imidazole rings is 1. The predicted molar refractivity (Wildman–Crippen MR) is 82.6 cm³/mol. The molecule has 1 heterocycles. The molecule has 0 saturated carbocycles. The molecule has 2 rings (SSSR count). The maximum Gasteiger partial charge on any atom is 0.164 e. The molecule has 102 valence electrons. The first kappa shape index (κ1) is 14.0. The van der Waals surface area contributed by atoms with E-state index >= 15 is 0 Å². The third-order valence-electron chi connectivity index (χ3n) is 3.54. The summed E-state index contributed by atoms with van der Waals surface area (Å²) in [6, 6.07) is 6.91. The molecule has 0 saturated heterocycles. The number of benzene rings is 1. The van der Waals surface area contributed by atoms with Gasteiger partial charge >= 0.3 is 0 Å². The fourth-order valence-corrected chi connectivity index (χ4v) is 3.16. The van der Waals surface area contributed by atoms with Gasteiger partial charge in [-0.3, -0.25) is 4.79 Å². The molecule has 4 heteroatoms. The minimum absolute atomic E-state index is 0.228. The number of carbonyl (C=O) groups is 1. The molecule has 0 spiro atoms. The number of rotatable bonds is 4. The number of hydrogen-bond acceptors (Lipinski definition) is 2. The van der Waals surface area contributed by atoms with E-state index in [0.717, 1.165) is 28.5 Å². The summed E-state index contributed by atoms with van der Waals surface area (Å²) in [5.41, 5.74) is 2.67. The van der Waals surface area contributed by atoms with Crippen LogP contribution in [0.4, 0.5) is 0 Å². The van der Waals surface area contributed by atoms with Gasteiger partial charge in [-0.1, -0.05) is 31.8 Å². The van der Waals surface area contributed by atoms with Crippen molar-refractivity contribution in [2.45, 2.75) is 39.0 Å². The third-order valence-corrected chi connectivity index (χ3v) is 5.29. The third kappa shape index (κ3) is 2.95. The van der Waals surface area contributed by atoms with E-state index in [2.05, 4.69) is 24.6 Å². The number of Topliss-reactive ketones (excluding diaryl/α,β-unsaturated/α-hetero) is 1. The lowest BCUT2D eigenvalue weighted by atomic mass is 10.1. The summed E-state index contributed by atoms with van der Waals surface area (Å²) >= 11 is 0. The Hall–Kier alpha value is -1.42. The number of nitrogens with zero attached hydrogens (tertiary/aromatic N) is 2. The van der Waals surface area contributed by atoms with Crippen LogP contribution in [0.5, 0.6) is 0 Å². The molecule has 0 bridgehead atoms. The number of para-hydroxylation sites is 1. The smallest absolute Gasteiger partial charge is 0.164 e. The molecule has 0 amide bonds. The lowest BCUT2D eigenvalue weighted by Crippen LogP contribution is -2.20. The quantitative estimate of drug-likeness (QED) is 0.628. The average Bonchev–Trinajstić information content (AvgIpc) is 2.62. The van der Waals surface area contributed by atoms with E-state index in [1.54, 1.807) is 0 Å². The lowest BCUT2D eigenvalue weighted by Gasteiger charge is -2.14. The van der Waals surface area contributed by atoms with Crippen molar-refractivity contribution < 1.29 is 4.79 Å². The van der Waals surface area contributed by atoms with E-state index in [0.29, 0.717) is 6.42 Å². The Morgan fingerprint density at radius 1 is 1.32 bits per heavy atom. The maximum atomic E-state index is 12.4. The molecule has 0 aliphatic heterocycles. The fraction of sp³-hybridized carbons (Fsp3) is 0.467. The van der Waals surface area contributed by atoms with Gasteiger partial charge in [0.1, 0.15) is 5.82 Å². The van der Waals surface area contributed by atoms with Gasteiger partial charge in [-0.15, -0.1) is 0 Å². The zero-order valence-corrected chi connectivity index (χ0v) is 13.4. The van der Waals surface area contributed by atoms with Crippen LogP contribution < -0.4 is 0 Å². The Kier molecular flexibility index (Phi) is 3.63. The predicted octanol–water partition coefficient (Wildman–Crippen LogP) is 3.79. The van der Waals surface area contributed by atoms with Gasteiger partial charge < -0.3 is 4.57 Å². The van der Waals surface area contributed by atoms with Crippen LogP contribution >= 0.6 is 0 Å². The number of ketones is 1. The van der Waals surface area contributed by atoms with E-state index in [1.807, 2.05) is 36.7 Å². The number of fused-ring (bicyclic) bond motifs is 1. The Bertz CT molecular complexity index is 623. The highest BCUT2D eigenvalue weighted by molar-refractivity contribution is 6.76. The molecule has 0 radical (unpaired) electrons. The average molecular weight is 274 g/mol. The highest BCUT2D eigenvalue weighted by Crippen LogP contribution is 2.22. The minimum Gasteiger partial charge on any atom is -0.331 e. The molecule has 1 aromatic carbocycles. The van der Waals surface area contributed by atoms with E-state index in [4.69, 9.17) is 0 Å². The first-order valence-electron chi connectivity index (χ1n) is 6.75. The summed E-state index contributed by atoms with van der Waals surface area (Å²) in [6.45, 7) is 8.86. The Morgan fingerprint density at radius 2 is 2.00 bits per heavy atom. The van der Waals surface area contributed by atoms with E-state index in [-0.39, 0.29) is 5.78 Å². The lowest BCUT2D eigenvalue weighted by molar-refractivity contribution is 0.0989. The number of carbonyl (C=O) groups excluding carboxylic acids is 1. The van der Waals surface area contributed by atoms with Crippen molar-refractivity contribution in [1.82, 2.24) is 9.55 Å². The van der Waals surface area contributed by atoms with Crippen molar-refractivity contribution in [2.75, 3.05) is 0 Å². The van der Waals surface area contributed by atoms with Gasteiger partial charge in [0.2, 0.25) is 0 Å². The molecule has 0 atom stereocenters. The van der Waals surface area contributed by atoms with Crippen LogP contribution in [-0.4, -0.2) is 23.4 Å². The van der Waals surface area contributed by atoms with E-state index in [9.17, 15) is 4.79 Å². The van der Waals surface area contributed by atoms with Crippen LogP contribution in [0, 0.1) is 6.92 Å². The van der Waals surface area contributed by atoms with Gasteiger partial charge in [0.05, 0.1) is 11.0 Å². The molecule has 1 aromatic heterocycles. The van der Waals surface area contributed by atoms with Gasteiger partial charge in [-0.25, -0.2) is 4.98 Å². The summed E-state index contributed by atoms with van der Waals surface area (Å²) < 4.78 is 2.03. The van der Waals surface area contributed by atoms with Crippen LogP contribution in [0.25, 0.3) is 11.0 Å². The normalized spacial score (nSPS) is 12.1. The van der Waals surface area contributed by atoms with Crippen LogP contribution in [0.2, 0.25) is 25.7 Å². The molecule has 0 unspecified atom stereocenters. The van der Waals surface area contributed by atoms with Gasteiger partial charge in [0, 0.05) is 27.1 Å². The largest absolute Gasteiger partial charge is 0.331 e. The van der Waals surface area contributed by atoms with Crippen molar-refractivity contribution in [2.24, 2.45) is 7.05 Å². The number of hydrogen-bond donors (Lipinski definition) is 0. The zero-order valence-electron chi connectivity index (χ0n) is 12.4. The summed E-state index contributed by atoms with van der Waals surface area (Å²) in [4.78, 5) is 16.9. The van der Waals surface area contributed by atoms with E-state index in [1.165, 1.54) is 0 Å². The minimum atomic E-state index is -1.17. The van der Waals surface area contributed by atoms with Crippen LogP contribution in [-0.2, 0) is 7.05 Å². The molecular formula is C15H22N2OSi. The van der Waals surface area contributed by atoms with E-state index < -0.39 is 8.07 Å². The SMILES string of the molecule is Cc1nc2c(C(=O)CC[Si](C)(C)C)cccc2n1C. The maximum absolute atomic E-state index is 12.4. The van der Waals surface area contributed by atoms with Crippen LogP contribution in [0.1, 0.15) is 22.6 Å². The Balaban J connectivity index is 2.35. The van der Waals surface area contributed by atoms with Gasteiger partial charge in [-0.2, -0.15) is 0 Å². The summed E-state index contributed by atoms with van der Waals surface area (Å²) in [6.07, 6.45) is 0.643. The summed E-state index contributed by atoms with van der Waals surface area (Å²) in [5, 5.41) is 0. The van der Waals surface area contributed by atoms with Crippen molar-refractivity contribution in [3.63, 3.8) is 0 Å². The monoisotopic (exact) mass is 274 g/mol. The highest BCUT2D eigenvalue weighted by atomic mass is 28.3. The summed E-state index contributed by atoms with van der Waals surface area (Å²) in [7, 11) is 0.815. The molecule has 0 aliphatic carbocycles.